The zero-order valence-electron chi connectivity index (χ0n) is 21.7. The lowest BCUT2D eigenvalue weighted by atomic mass is 10.1. The molecule has 0 aliphatic carbocycles. The summed E-state index contributed by atoms with van der Waals surface area (Å²) in [5.74, 6) is -0.984. The van der Waals surface area contributed by atoms with Crippen LogP contribution in [0.5, 0.6) is 0 Å². The van der Waals surface area contributed by atoms with Gasteiger partial charge in [-0.1, -0.05) is 71.2 Å². The summed E-state index contributed by atoms with van der Waals surface area (Å²) >= 11 is 19.9. The summed E-state index contributed by atoms with van der Waals surface area (Å²) in [7, 11) is 0. The predicted molar refractivity (Wildman–Crippen MR) is 169 cm³/mol. The van der Waals surface area contributed by atoms with E-state index in [0.29, 0.717) is 32.5 Å². The van der Waals surface area contributed by atoms with Crippen molar-refractivity contribution in [3.63, 3.8) is 0 Å². The van der Waals surface area contributed by atoms with Gasteiger partial charge in [-0.3, -0.25) is 14.4 Å². The summed E-state index contributed by atoms with van der Waals surface area (Å²) in [5, 5.41) is 9.49. The standard InChI is InChI=1S/C31H24Cl3N3O3S/c1-19-24(32)10-6-12-26(19)36-28(38)18-41-23-15-13-22(14-16-23)35-31(40)27(17-21-9-5-11-25(33)29(21)34)37-30(39)20-7-3-2-4-8-20/h2-17H,18H2,1H3,(H,35,40)(H,36,38)(H,37,39)/b27-17-. The minimum atomic E-state index is -0.554. The van der Waals surface area contributed by atoms with E-state index in [9.17, 15) is 14.4 Å². The summed E-state index contributed by atoms with van der Waals surface area (Å²) in [6.45, 7) is 1.84. The number of benzene rings is 4. The van der Waals surface area contributed by atoms with Gasteiger partial charge in [0.2, 0.25) is 5.91 Å². The molecule has 6 nitrogen and oxygen atoms in total. The summed E-state index contributed by atoms with van der Waals surface area (Å²) < 4.78 is 0. The van der Waals surface area contributed by atoms with E-state index in [-0.39, 0.29) is 22.4 Å². The van der Waals surface area contributed by atoms with E-state index in [1.807, 2.05) is 6.92 Å². The van der Waals surface area contributed by atoms with Crippen LogP contribution in [0.3, 0.4) is 0 Å². The van der Waals surface area contributed by atoms with Gasteiger partial charge in [-0.05, 0) is 78.7 Å². The van der Waals surface area contributed by atoms with Crippen LogP contribution in [0.1, 0.15) is 21.5 Å². The first-order valence-electron chi connectivity index (χ1n) is 12.3. The third kappa shape index (κ3) is 8.38. The van der Waals surface area contributed by atoms with E-state index in [2.05, 4.69) is 16.0 Å². The monoisotopic (exact) mass is 623 g/mol. The van der Waals surface area contributed by atoms with Crippen molar-refractivity contribution in [1.29, 1.82) is 0 Å². The first-order chi connectivity index (χ1) is 19.7. The van der Waals surface area contributed by atoms with Crippen molar-refractivity contribution in [3.05, 3.63) is 128 Å². The molecule has 0 fully saturated rings. The third-order valence-corrected chi connectivity index (χ3v) is 8.09. The van der Waals surface area contributed by atoms with Crippen LogP contribution in [-0.2, 0) is 9.59 Å². The second kappa shape index (κ2) is 14.2. The van der Waals surface area contributed by atoms with Crippen LogP contribution in [0.15, 0.2) is 102 Å². The Morgan fingerprint density at radius 2 is 1.46 bits per heavy atom. The number of carbonyl (C=O) groups is 3. The maximum absolute atomic E-state index is 13.3. The van der Waals surface area contributed by atoms with Crippen molar-refractivity contribution in [1.82, 2.24) is 5.32 Å². The SMILES string of the molecule is Cc1c(Cl)cccc1NC(=O)CSc1ccc(NC(=O)/C(=C/c2cccc(Cl)c2Cl)NC(=O)c2ccccc2)cc1. The van der Waals surface area contributed by atoms with Crippen LogP contribution in [0, 0.1) is 6.92 Å². The number of hydrogen-bond donors (Lipinski definition) is 3. The molecule has 0 bridgehead atoms. The highest BCUT2D eigenvalue weighted by molar-refractivity contribution is 8.00. The molecule has 0 aliphatic heterocycles. The van der Waals surface area contributed by atoms with Crippen molar-refractivity contribution in [2.75, 3.05) is 16.4 Å². The minimum Gasteiger partial charge on any atom is -0.325 e. The molecule has 41 heavy (non-hydrogen) atoms. The smallest absolute Gasteiger partial charge is 0.272 e. The molecule has 0 spiro atoms. The van der Waals surface area contributed by atoms with E-state index < -0.39 is 11.8 Å². The average molecular weight is 625 g/mol. The number of rotatable bonds is 9. The molecule has 0 saturated heterocycles. The van der Waals surface area contributed by atoms with Crippen molar-refractivity contribution in [2.24, 2.45) is 0 Å². The lowest BCUT2D eigenvalue weighted by Crippen LogP contribution is -2.30. The van der Waals surface area contributed by atoms with Crippen molar-refractivity contribution >= 4 is 81.7 Å². The molecule has 4 aromatic carbocycles. The Morgan fingerprint density at radius 1 is 0.780 bits per heavy atom. The molecule has 4 rings (SSSR count). The highest BCUT2D eigenvalue weighted by atomic mass is 35.5. The maximum atomic E-state index is 13.3. The van der Waals surface area contributed by atoms with Crippen LogP contribution < -0.4 is 16.0 Å². The Bertz CT molecular complexity index is 1610. The fraction of sp³-hybridized carbons (Fsp3) is 0.0645. The number of halogens is 3. The number of thioether (sulfide) groups is 1. The molecule has 0 radical (unpaired) electrons. The lowest BCUT2D eigenvalue weighted by Gasteiger charge is -2.12. The zero-order chi connectivity index (χ0) is 29.4. The van der Waals surface area contributed by atoms with Crippen LogP contribution >= 0.6 is 46.6 Å². The Hall–Kier alpha value is -3.75. The Balaban J connectivity index is 1.43. The van der Waals surface area contributed by atoms with Gasteiger partial charge in [-0.2, -0.15) is 0 Å². The topological polar surface area (TPSA) is 87.3 Å². The number of hydrogen-bond acceptors (Lipinski definition) is 4. The molecule has 3 amide bonds. The normalized spacial score (nSPS) is 11.1. The molecule has 0 aromatic heterocycles. The van der Waals surface area contributed by atoms with Gasteiger partial charge in [0.15, 0.2) is 0 Å². The maximum Gasteiger partial charge on any atom is 0.272 e. The molecule has 4 aromatic rings. The highest BCUT2D eigenvalue weighted by Gasteiger charge is 2.16. The summed E-state index contributed by atoms with van der Waals surface area (Å²) in [5.41, 5.74) is 2.81. The van der Waals surface area contributed by atoms with E-state index in [1.54, 1.807) is 91.0 Å². The lowest BCUT2D eigenvalue weighted by molar-refractivity contribution is -0.114. The van der Waals surface area contributed by atoms with Gasteiger partial charge in [0.05, 0.1) is 15.8 Å². The van der Waals surface area contributed by atoms with E-state index >= 15 is 0 Å². The average Bonchev–Trinajstić information content (AvgIpc) is 2.97. The Morgan fingerprint density at radius 3 is 2.20 bits per heavy atom. The van der Waals surface area contributed by atoms with Crippen LogP contribution in [0.25, 0.3) is 6.08 Å². The molecule has 0 aliphatic rings. The number of nitrogens with one attached hydrogen (secondary N) is 3. The van der Waals surface area contributed by atoms with Gasteiger partial charge in [0.25, 0.3) is 11.8 Å². The Labute approximate surface area is 257 Å². The largest absolute Gasteiger partial charge is 0.325 e. The minimum absolute atomic E-state index is 0.0190. The van der Waals surface area contributed by atoms with Gasteiger partial charge in [-0.25, -0.2) is 0 Å². The first kappa shape index (κ1) is 30.2. The highest BCUT2D eigenvalue weighted by Crippen LogP contribution is 2.28. The second-order valence-electron chi connectivity index (χ2n) is 8.75. The molecular weight excluding hydrogens is 601 g/mol. The number of carbonyl (C=O) groups excluding carboxylic acids is 3. The zero-order valence-corrected chi connectivity index (χ0v) is 24.8. The van der Waals surface area contributed by atoms with Crippen LogP contribution in [0.4, 0.5) is 11.4 Å². The van der Waals surface area contributed by atoms with Crippen LogP contribution in [0.2, 0.25) is 15.1 Å². The van der Waals surface area contributed by atoms with E-state index in [1.165, 1.54) is 17.8 Å². The number of amides is 3. The fourth-order valence-electron chi connectivity index (χ4n) is 3.64. The molecule has 208 valence electrons. The molecule has 0 heterocycles. The van der Waals surface area contributed by atoms with Gasteiger partial charge >= 0.3 is 0 Å². The summed E-state index contributed by atoms with van der Waals surface area (Å²) in [6.07, 6.45) is 1.47. The van der Waals surface area contributed by atoms with Gasteiger partial charge < -0.3 is 16.0 Å². The molecule has 0 unspecified atom stereocenters. The van der Waals surface area contributed by atoms with Crippen molar-refractivity contribution in [3.8, 4) is 0 Å². The third-order valence-electron chi connectivity index (χ3n) is 5.83. The van der Waals surface area contributed by atoms with E-state index in [4.69, 9.17) is 34.8 Å². The molecule has 3 N–H and O–H groups in total. The second-order valence-corrected chi connectivity index (χ2v) is 11.0. The van der Waals surface area contributed by atoms with Crippen molar-refractivity contribution in [2.45, 2.75) is 11.8 Å². The van der Waals surface area contributed by atoms with Gasteiger partial charge in [0.1, 0.15) is 5.70 Å². The van der Waals surface area contributed by atoms with Crippen LogP contribution in [-0.4, -0.2) is 23.5 Å². The molecule has 0 atom stereocenters. The molecule has 0 saturated carbocycles. The summed E-state index contributed by atoms with van der Waals surface area (Å²) in [4.78, 5) is 39.4. The summed E-state index contributed by atoms with van der Waals surface area (Å²) in [6, 6.07) is 25.9. The number of anilines is 2. The Kier molecular flexibility index (Phi) is 10.5. The fourth-order valence-corrected chi connectivity index (χ4v) is 4.88. The van der Waals surface area contributed by atoms with E-state index in [0.717, 1.165) is 10.5 Å². The van der Waals surface area contributed by atoms with Gasteiger partial charge in [-0.15, -0.1) is 11.8 Å². The van der Waals surface area contributed by atoms with Gasteiger partial charge in [0, 0.05) is 26.9 Å². The van der Waals surface area contributed by atoms with Crippen molar-refractivity contribution < 1.29 is 14.4 Å². The molecule has 10 heteroatoms. The predicted octanol–water partition coefficient (Wildman–Crippen LogP) is 8.10. The molecular formula is C31H24Cl3N3O3S. The quantitative estimate of drug-likeness (QED) is 0.130. The first-order valence-corrected chi connectivity index (χ1v) is 14.4.